The number of aromatic nitrogens is 2. The maximum absolute atomic E-state index is 13.4. The Kier molecular flexibility index (Phi) is 6.97. The summed E-state index contributed by atoms with van der Waals surface area (Å²) in [6.07, 6.45) is -6.28. The van der Waals surface area contributed by atoms with Crippen LogP contribution in [-0.4, -0.2) is 51.7 Å². The fourth-order valence-corrected chi connectivity index (χ4v) is 3.71. The first kappa shape index (κ1) is 22.5. The van der Waals surface area contributed by atoms with Crippen LogP contribution in [0.25, 0.3) is 0 Å². The largest absolute Gasteiger partial charge is 0.338 e. The summed E-state index contributed by atoms with van der Waals surface area (Å²) in [6.45, 7) is 3.65. The van der Waals surface area contributed by atoms with E-state index in [1.807, 2.05) is 0 Å². The Balaban J connectivity index is 1.66. The molecule has 0 spiro atoms. The number of hydrogen-bond donors (Lipinski definition) is 0. The lowest BCUT2D eigenvalue weighted by Gasteiger charge is -2.36. The Morgan fingerprint density at radius 1 is 1.07 bits per heavy atom. The third-order valence-electron chi connectivity index (χ3n) is 5.05. The Morgan fingerprint density at radius 2 is 1.67 bits per heavy atom. The van der Waals surface area contributed by atoms with Crippen LogP contribution < -0.4 is 0 Å². The molecule has 1 aliphatic heterocycles. The number of alkyl halides is 4. The monoisotopic (exact) mass is 450 g/mol. The van der Waals surface area contributed by atoms with Gasteiger partial charge in [-0.3, -0.25) is 9.69 Å². The summed E-state index contributed by atoms with van der Waals surface area (Å²) in [5.74, 6) is -0.821. The highest BCUT2D eigenvalue weighted by atomic mass is 35.5. The molecule has 0 radical (unpaired) electrons. The van der Waals surface area contributed by atoms with Gasteiger partial charge >= 0.3 is 0 Å². The minimum Gasteiger partial charge on any atom is -0.338 e. The Hall–Kier alpha value is -2.20. The number of nitrogens with zero attached hydrogens (tertiary/aromatic N) is 4. The molecule has 11 heteroatoms. The second-order valence-corrected chi connectivity index (χ2v) is 7.41. The van der Waals surface area contributed by atoms with Crippen molar-refractivity contribution < 1.29 is 26.7 Å². The van der Waals surface area contributed by atoms with Gasteiger partial charge in [-0.25, -0.2) is 26.6 Å². The molecule has 1 amide bonds. The summed E-state index contributed by atoms with van der Waals surface area (Å²) in [4.78, 5) is 16.4. The van der Waals surface area contributed by atoms with E-state index in [4.69, 9.17) is 11.6 Å². The van der Waals surface area contributed by atoms with Gasteiger partial charge in [0.2, 0.25) is 5.91 Å². The van der Waals surface area contributed by atoms with Crippen LogP contribution in [0.5, 0.6) is 0 Å². The van der Waals surface area contributed by atoms with E-state index >= 15 is 0 Å². The third-order valence-corrected chi connectivity index (χ3v) is 5.44. The molecular formula is C19H20ClF5N4O. The van der Waals surface area contributed by atoms with Crippen molar-refractivity contribution in [3.8, 4) is 0 Å². The van der Waals surface area contributed by atoms with Crippen molar-refractivity contribution in [2.45, 2.75) is 32.4 Å². The van der Waals surface area contributed by atoms with Gasteiger partial charge in [0.25, 0.3) is 12.9 Å². The number of hydrogen-bond acceptors (Lipinski definition) is 3. The quantitative estimate of drug-likeness (QED) is 0.610. The van der Waals surface area contributed by atoms with Crippen LogP contribution in [-0.2, 0) is 11.3 Å². The predicted molar refractivity (Wildman–Crippen MR) is 100 cm³/mol. The molecule has 2 heterocycles. The maximum atomic E-state index is 13.4. The zero-order valence-electron chi connectivity index (χ0n) is 16.0. The predicted octanol–water partition coefficient (Wildman–Crippen LogP) is 4.46. The molecule has 2 aromatic rings. The summed E-state index contributed by atoms with van der Waals surface area (Å²) in [5, 5.41) is 2.67. The van der Waals surface area contributed by atoms with Crippen molar-refractivity contribution in [1.29, 1.82) is 0 Å². The minimum atomic E-state index is -3.15. The van der Waals surface area contributed by atoms with Gasteiger partial charge in [0.15, 0.2) is 0 Å². The molecule has 30 heavy (non-hydrogen) atoms. The zero-order valence-corrected chi connectivity index (χ0v) is 16.8. The van der Waals surface area contributed by atoms with Crippen LogP contribution >= 0.6 is 11.6 Å². The van der Waals surface area contributed by atoms with Crippen LogP contribution in [0.15, 0.2) is 24.3 Å². The smallest absolute Gasteiger partial charge is 0.283 e. The number of carbonyl (C=O) groups excluding carboxylic acids is 1. The lowest BCUT2D eigenvalue weighted by atomic mass is 10.2. The van der Waals surface area contributed by atoms with Crippen molar-refractivity contribution in [3.05, 3.63) is 52.1 Å². The first-order chi connectivity index (χ1) is 14.2. The fraction of sp³-hybridized carbons (Fsp3) is 0.474. The fourth-order valence-electron chi connectivity index (χ4n) is 3.42. The first-order valence-electron chi connectivity index (χ1n) is 9.28. The molecule has 1 aliphatic rings. The van der Waals surface area contributed by atoms with E-state index in [-0.39, 0.29) is 5.82 Å². The summed E-state index contributed by atoms with van der Waals surface area (Å²) in [6, 6.07) is 4.91. The standard InChI is InChI=1S/C19H20ClF5N4O/c1-11(29-16(18(24)25)14(20)15(26-29)17(22)23)19(30)28-8-6-27(7-9-28)10-12-2-4-13(21)5-3-12/h2-5,11,17-18H,6-10H2,1H3. The first-order valence-corrected chi connectivity index (χ1v) is 9.66. The van der Waals surface area contributed by atoms with E-state index < -0.39 is 41.2 Å². The van der Waals surface area contributed by atoms with Crippen LogP contribution in [0.4, 0.5) is 22.0 Å². The van der Waals surface area contributed by atoms with Gasteiger partial charge in [0, 0.05) is 32.7 Å². The number of carbonyl (C=O) groups is 1. The van der Waals surface area contributed by atoms with Gasteiger partial charge in [-0.15, -0.1) is 0 Å². The minimum absolute atomic E-state index is 0.319. The summed E-state index contributed by atoms with van der Waals surface area (Å²) >= 11 is 5.66. The molecule has 1 aromatic heterocycles. The molecule has 1 fully saturated rings. The number of halogens is 6. The van der Waals surface area contributed by atoms with E-state index in [1.165, 1.54) is 24.0 Å². The topological polar surface area (TPSA) is 41.4 Å². The Labute approximate surface area is 175 Å². The van der Waals surface area contributed by atoms with Crippen molar-refractivity contribution in [2.24, 2.45) is 0 Å². The van der Waals surface area contributed by atoms with Gasteiger partial charge in [0.1, 0.15) is 23.2 Å². The molecule has 1 unspecified atom stereocenters. The third kappa shape index (κ3) is 4.75. The molecule has 1 atom stereocenters. The van der Waals surface area contributed by atoms with E-state index in [0.717, 1.165) is 5.56 Å². The second kappa shape index (κ2) is 9.30. The molecule has 1 aromatic carbocycles. The summed E-state index contributed by atoms with van der Waals surface area (Å²) in [7, 11) is 0. The average molecular weight is 451 g/mol. The molecule has 3 rings (SSSR count). The molecular weight excluding hydrogens is 431 g/mol. The highest BCUT2D eigenvalue weighted by Crippen LogP contribution is 2.36. The average Bonchev–Trinajstić information content (AvgIpc) is 3.07. The van der Waals surface area contributed by atoms with Crippen molar-refractivity contribution in [1.82, 2.24) is 19.6 Å². The number of rotatable bonds is 6. The number of benzene rings is 1. The number of amides is 1. The van der Waals surface area contributed by atoms with Gasteiger partial charge in [-0.1, -0.05) is 23.7 Å². The molecule has 5 nitrogen and oxygen atoms in total. The van der Waals surface area contributed by atoms with Crippen LogP contribution in [0, 0.1) is 5.82 Å². The molecule has 164 valence electrons. The lowest BCUT2D eigenvalue weighted by Crippen LogP contribution is -2.50. The van der Waals surface area contributed by atoms with Gasteiger partial charge in [-0.05, 0) is 24.6 Å². The highest BCUT2D eigenvalue weighted by molar-refractivity contribution is 6.32. The van der Waals surface area contributed by atoms with Crippen LogP contribution in [0.3, 0.4) is 0 Å². The molecule has 0 bridgehead atoms. The van der Waals surface area contributed by atoms with E-state index in [1.54, 1.807) is 12.1 Å². The van der Waals surface area contributed by atoms with E-state index in [9.17, 15) is 26.7 Å². The highest BCUT2D eigenvalue weighted by Gasteiger charge is 2.34. The molecule has 1 saturated heterocycles. The zero-order chi connectivity index (χ0) is 22.0. The summed E-state index contributed by atoms with van der Waals surface area (Å²) in [5.41, 5.74) is -0.921. The Bertz CT molecular complexity index is 882. The van der Waals surface area contributed by atoms with Crippen molar-refractivity contribution in [3.63, 3.8) is 0 Å². The second-order valence-electron chi connectivity index (χ2n) is 7.03. The van der Waals surface area contributed by atoms with Gasteiger partial charge < -0.3 is 4.90 Å². The van der Waals surface area contributed by atoms with Crippen LogP contribution in [0.2, 0.25) is 5.02 Å². The van der Waals surface area contributed by atoms with Crippen molar-refractivity contribution in [2.75, 3.05) is 26.2 Å². The maximum Gasteiger partial charge on any atom is 0.283 e. The van der Waals surface area contributed by atoms with Gasteiger partial charge in [-0.2, -0.15) is 5.10 Å². The van der Waals surface area contributed by atoms with Gasteiger partial charge in [0.05, 0.1) is 5.02 Å². The lowest BCUT2D eigenvalue weighted by molar-refractivity contribution is -0.136. The molecule has 0 saturated carbocycles. The Morgan fingerprint density at radius 3 is 2.20 bits per heavy atom. The summed E-state index contributed by atoms with van der Waals surface area (Å²) < 4.78 is 66.4. The van der Waals surface area contributed by atoms with E-state index in [0.29, 0.717) is 37.4 Å². The number of piperazine rings is 1. The van der Waals surface area contributed by atoms with E-state index in [2.05, 4.69) is 10.00 Å². The molecule has 0 N–H and O–H groups in total. The van der Waals surface area contributed by atoms with Crippen LogP contribution in [0.1, 0.15) is 42.8 Å². The SMILES string of the molecule is CC(C(=O)N1CCN(Cc2ccc(F)cc2)CC1)n1nc(C(F)F)c(Cl)c1C(F)F. The normalized spacial score (nSPS) is 16.5. The van der Waals surface area contributed by atoms with Crippen molar-refractivity contribution >= 4 is 17.5 Å². The molecule has 0 aliphatic carbocycles.